The fraction of sp³-hybridized carbons (Fsp3) is 0.556. The first kappa shape index (κ1) is 17.9. The van der Waals surface area contributed by atoms with E-state index >= 15 is 0 Å². The lowest BCUT2D eigenvalue weighted by molar-refractivity contribution is -0.134. The van der Waals surface area contributed by atoms with Crippen LogP contribution in [0, 0.1) is 13.8 Å². The number of para-hydroxylation sites is 1. The number of aryl methyl sites for hydroxylation is 2. The molecule has 25 heavy (non-hydrogen) atoms. The van der Waals surface area contributed by atoms with E-state index in [4.69, 9.17) is 0 Å². The summed E-state index contributed by atoms with van der Waals surface area (Å²) in [6, 6.07) is 6.73. The van der Waals surface area contributed by atoms with Crippen LogP contribution in [0.25, 0.3) is 5.69 Å². The summed E-state index contributed by atoms with van der Waals surface area (Å²) < 4.78 is 1.74. The Labute approximate surface area is 153 Å². The van der Waals surface area contributed by atoms with Crippen molar-refractivity contribution in [3.63, 3.8) is 0 Å². The molecule has 1 fully saturated rings. The second kappa shape index (κ2) is 7.56. The number of likely N-dealkylation sites (tertiary alicyclic amines) is 1. The van der Waals surface area contributed by atoms with E-state index in [-0.39, 0.29) is 5.91 Å². The van der Waals surface area contributed by atoms with Crippen LogP contribution in [0.2, 0.25) is 0 Å². The summed E-state index contributed by atoms with van der Waals surface area (Å²) >= 11 is 1.41. The fourth-order valence-electron chi connectivity index (χ4n) is 3.66. The van der Waals surface area contributed by atoms with E-state index in [0.717, 1.165) is 29.7 Å². The highest BCUT2D eigenvalue weighted by atomic mass is 32.2. The smallest absolute Gasteiger partial charge is 0.233 e. The number of hydrogen-bond donors (Lipinski definition) is 0. The average Bonchev–Trinajstić information content (AvgIpc) is 3.01. The summed E-state index contributed by atoms with van der Waals surface area (Å²) in [5, 5.41) is 12.7. The topological polar surface area (TPSA) is 63.9 Å². The fourth-order valence-corrected chi connectivity index (χ4v) is 4.41. The van der Waals surface area contributed by atoms with Gasteiger partial charge in [-0.05, 0) is 68.5 Å². The molecule has 7 heteroatoms. The highest BCUT2D eigenvalue weighted by molar-refractivity contribution is 7.99. The first-order valence-electron chi connectivity index (χ1n) is 8.78. The molecule has 0 unspecified atom stereocenters. The van der Waals surface area contributed by atoms with E-state index in [1.807, 2.05) is 36.9 Å². The third-order valence-electron chi connectivity index (χ3n) is 4.90. The van der Waals surface area contributed by atoms with Crippen LogP contribution < -0.4 is 0 Å². The van der Waals surface area contributed by atoms with Crippen molar-refractivity contribution in [2.45, 2.75) is 64.2 Å². The minimum absolute atomic E-state index is 0.167. The van der Waals surface area contributed by atoms with Gasteiger partial charge in [-0.1, -0.05) is 30.0 Å². The number of carbonyl (C=O) groups is 1. The van der Waals surface area contributed by atoms with E-state index in [1.54, 1.807) is 4.68 Å². The minimum Gasteiger partial charge on any atom is -0.337 e. The van der Waals surface area contributed by atoms with Gasteiger partial charge in [-0.3, -0.25) is 4.79 Å². The molecule has 0 spiro atoms. The van der Waals surface area contributed by atoms with Gasteiger partial charge in [0.25, 0.3) is 0 Å². The Balaban J connectivity index is 1.75. The van der Waals surface area contributed by atoms with Gasteiger partial charge in [-0.15, -0.1) is 5.10 Å². The monoisotopic (exact) mass is 359 g/mol. The van der Waals surface area contributed by atoms with Crippen LogP contribution in [0.3, 0.4) is 0 Å². The Hall–Kier alpha value is -1.89. The van der Waals surface area contributed by atoms with Gasteiger partial charge in [-0.2, -0.15) is 4.68 Å². The van der Waals surface area contributed by atoms with E-state index in [2.05, 4.69) is 29.4 Å². The normalized spacial score (nSPS) is 20.7. The molecule has 3 rings (SSSR count). The zero-order valence-corrected chi connectivity index (χ0v) is 16.1. The van der Waals surface area contributed by atoms with Crippen LogP contribution in [0.4, 0.5) is 0 Å². The third kappa shape index (κ3) is 3.71. The van der Waals surface area contributed by atoms with E-state index in [9.17, 15) is 4.79 Å². The van der Waals surface area contributed by atoms with Gasteiger partial charge in [0.15, 0.2) is 0 Å². The zero-order chi connectivity index (χ0) is 18.0. The van der Waals surface area contributed by atoms with Crippen molar-refractivity contribution in [3.05, 3.63) is 29.3 Å². The van der Waals surface area contributed by atoms with Crippen molar-refractivity contribution < 1.29 is 4.79 Å². The van der Waals surface area contributed by atoms with Crippen LogP contribution >= 0.6 is 11.8 Å². The summed E-state index contributed by atoms with van der Waals surface area (Å²) in [4.78, 5) is 14.8. The first-order valence-corrected chi connectivity index (χ1v) is 9.76. The molecule has 0 N–H and O–H groups in total. The molecule has 6 nitrogen and oxygen atoms in total. The van der Waals surface area contributed by atoms with Crippen molar-refractivity contribution >= 4 is 17.7 Å². The summed E-state index contributed by atoms with van der Waals surface area (Å²) in [5.41, 5.74) is 3.21. The summed E-state index contributed by atoms with van der Waals surface area (Å²) in [6.45, 7) is 8.36. The number of benzene rings is 1. The molecule has 1 aromatic heterocycles. The second-order valence-electron chi connectivity index (χ2n) is 6.83. The van der Waals surface area contributed by atoms with E-state index in [0.29, 0.717) is 23.0 Å². The lowest BCUT2D eigenvalue weighted by Gasteiger charge is -2.39. The van der Waals surface area contributed by atoms with E-state index in [1.165, 1.54) is 18.2 Å². The lowest BCUT2D eigenvalue weighted by atomic mass is 9.98. The molecule has 0 radical (unpaired) electrons. The highest BCUT2D eigenvalue weighted by Crippen LogP contribution is 2.26. The molecule has 2 heterocycles. The zero-order valence-electron chi connectivity index (χ0n) is 15.3. The van der Waals surface area contributed by atoms with Crippen molar-refractivity contribution in [2.24, 2.45) is 0 Å². The quantitative estimate of drug-likeness (QED) is 0.785. The highest BCUT2D eigenvalue weighted by Gasteiger charge is 2.29. The number of amides is 1. The van der Waals surface area contributed by atoms with E-state index < -0.39 is 0 Å². The number of rotatable bonds is 4. The number of thioether (sulfide) groups is 1. The molecule has 134 valence electrons. The number of carbonyl (C=O) groups excluding carboxylic acids is 1. The molecule has 2 aromatic rings. The SMILES string of the molecule is Cc1cccc(C)c1-n1nnnc1SCC(=O)N1[C@H](C)CCC[C@H]1C. The molecule has 1 aliphatic rings. The first-order chi connectivity index (χ1) is 12.0. The number of tetrazole rings is 1. The summed E-state index contributed by atoms with van der Waals surface area (Å²) in [6.07, 6.45) is 3.37. The Bertz CT molecular complexity index is 729. The van der Waals surface area contributed by atoms with Gasteiger partial charge in [-0.25, -0.2) is 0 Å². The minimum atomic E-state index is 0.167. The van der Waals surface area contributed by atoms with Crippen LogP contribution in [-0.2, 0) is 4.79 Å². The van der Waals surface area contributed by atoms with Crippen LogP contribution in [-0.4, -0.2) is 48.9 Å². The third-order valence-corrected chi connectivity index (χ3v) is 5.80. The van der Waals surface area contributed by atoms with Crippen molar-refractivity contribution in [3.8, 4) is 5.69 Å². The summed E-state index contributed by atoms with van der Waals surface area (Å²) in [7, 11) is 0. The van der Waals surface area contributed by atoms with Crippen molar-refractivity contribution in [2.75, 3.05) is 5.75 Å². The number of aromatic nitrogens is 4. The second-order valence-corrected chi connectivity index (χ2v) is 7.77. The van der Waals surface area contributed by atoms with Gasteiger partial charge in [0.2, 0.25) is 11.1 Å². The molecule has 1 amide bonds. The standard InChI is InChI=1S/C18H25N5OS/c1-12-7-5-8-13(2)17(12)23-18(19-20-21-23)25-11-16(24)22-14(3)9-6-10-15(22)4/h5,7-8,14-15H,6,9-11H2,1-4H3/t14-,15-/m1/s1. The Morgan fingerprint density at radius 1 is 1.20 bits per heavy atom. The number of nitrogens with zero attached hydrogens (tertiary/aromatic N) is 5. The van der Waals surface area contributed by atoms with Gasteiger partial charge in [0, 0.05) is 12.1 Å². The predicted octanol–water partition coefficient (Wildman–Crippen LogP) is 3.16. The maximum atomic E-state index is 12.7. The molecule has 0 saturated carbocycles. The van der Waals surface area contributed by atoms with Gasteiger partial charge in [0.05, 0.1) is 11.4 Å². The average molecular weight is 359 g/mol. The van der Waals surface area contributed by atoms with Crippen LogP contribution in [0.1, 0.15) is 44.2 Å². The summed E-state index contributed by atoms with van der Waals surface area (Å²) in [5.74, 6) is 0.528. The lowest BCUT2D eigenvalue weighted by Crippen LogP contribution is -2.48. The molecule has 0 aliphatic carbocycles. The Morgan fingerprint density at radius 3 is 2.48 bits per heavy atom. The molecular formula is C18H25N5OS. The Kier molecular flexibility index (Phi) is 5.42. The van der Waals surface area contributed by atoms with Crippen LogP contribution in [0.15, 0.2) is 23.4 Å². The predicted molar refractivity (Wildman–Crippen MR) is 99.0 cm³/mol. The maximum Gasteiger partial charge on any atom is 0.233 e. The largest absolute Gasteiger partial charge is 0.337 e. The van der Waals surface area contributed by atoms with Crippen molar-refractivity contribution in [1.29, 1.82) is 0 Å². The number of hydrogen-bond acceptors (Lipinski definition) is 5. The maximum absolute atomic E-state index is 12.7. The number of piperidine rings is 1. The van der Waals surface area contributed by atoms with Gasteiger partial charge >= 0.3 is 0 Å². The van der Waals surface area contributed by atoms with Gasteiger partial charge in [0.1, 0.15) is 0 Å². The molecule has 1 saturated heterocycles. The molecule has 1 aliphatic heterocycles. The molecule has 0 bridgehead atoms. The molecule has 2 atom stereocenters. The van der Waals surface area contributed by atoms with Crippen LogP contribution in [0.5, 0.6) is 0 Å². The molecular weight excluding hydrogens is 334 g/mol. The van der Waals surface area contributed by atoms with Gasteiger partial charge < -0.3 is 4.90 Å². The molecule has 1 aromatic carbocycles. The van der Waals surface area contributed by atoms with Crippen molar-refractivity contribution in [1.82, 2.24) is 25.1 Å². The Morgan fingerprint density at radius 2 is 1.84 bits per heavy atom.